The fraction of sp³-hybridized carbons (Fsp3) is 0.500. The Kier molecular flexibility index (Phi) is 11.0. The lowest BCUT2D eigenvalue weighted by atomic mass is 10.1. The van der Waals surface area contributed by atoms with Crippen LogP contribution < -0.4 is 5.32 Å². The van der Waals surface area contributed by atoms with Crippen LogP contribution in [0.4, 0.5) is 0 Å². The molecule has 0 aromatic rings. The minimum Gasteiger partial charge on any atom is -0.377 e. The van der Waals surface area contributed by atoms with Gasteiger partial charge in [0, 0.05) is 31.6 Å². The fourth-order valence-electron chi connectivity index (χ4n) is 2.13. The maximum Gasteiger partial charge on any atom is 0.251 e. The number of likely N-dealkylation sites (N-methyl/N-ethyl adjacent to an activating group) is 1. The van der Waals surface area contributed by atoms with Gasteiger partial charge in [-0.05, 0) is 12.2 Å². The Bertz CT molecular complexity index is 562. The molecule has 0 aromatic heterocycles. The molecule has 0 heterocycles. The summed E-state index contributed by atoms with van der Waals surface area (Å²) in [5, 5.41) is 2.81. The van der Waals surface area contributed by atoms with Gasteiger partial charge in [-0.2, -0.15) is 0 Å². The molecule has 26 heavy (non-hydrogen) atoms. The number of carbonyl (C=O) groups is 2. The third-order valence-electron chi connectivity index (χ3n) is 3.60. The van der Waals surface area contributed by atoms with Crippen LogP contribution in [0.15, 0.2) is 48.1 Å². The van der Waals surface area contributed by atoms with Crippen LogP contribution in [-0.2, 0) is 19.1 Å². The van der Waals surface area contributed by atoms with E-state index >= 15 is 0 Å². The third kappa shape index (κ3) is 9.34. The lowest BCUT2D eigenvalue weighted by Gasteiger charge is -2.19. The number of hydrogen-bond donors (Lipinski definition) is 1. The molecule has 0 bridgehead atoms. The maximum absolute atomic E-state index is 12.0. The summed E-state index contributed by atoms with van der Waals surface area (Å²) in [5.41, 5.74) is 0.606. The van der Waals surface area contributed by atoms with Gasteiger partial charge in [0.05, 0.1) is 26.4 Å². The normalized spacial score (nSPS) is 19.0. The number of carbonyl (C=O) groups excluding carboxylic acids is 2. The highest BCUT2D eigenvalue weighted by Gasteiger charge is 2.11. The van der Waals surface area contributed by atoms with Crippen LogP contribution in [-0.4, -0.2) is 63.3 Å². The first-order valence-electron chi connectivity index (χ1n) is 8.92. The van der Waals surface area contributed by atoms with Gasteiger partial charge in [-0.15, -0.1) is 0 Å². The van der Waals surface area contributed by atoms with E-state index in [1.165, 1.54) is 0 Å². The Morgan fingerprint density at radius 3 is 2.38 bits per heavy atom. The average molecular weight is 362 g/mol. The highest BCUT2D eigenvalue weighted by molar-refractivity contribution is 5.96. The summed E-state index contributed by atoms with van der Waals surface area (Å²) in [4.78, 5) is 25.4. The van der Waals surface area contributed by atoms with E-state index in [9.17, 15) is 9.59 Å². The van der Waals surface area contributed by atoms with E-state index in [4.69, 9.17) is 9.47 Å². The smallest absolute Gasteiger partial charge is 0.251 e. The van der Waals surface area contributed by atoms with Crippen LogP contribution >= 0.6 is 0 Å². The largest absolute Gasteiger partial charge is 0.377 e. The number of hydrogen-bond acceptors (Lipinski definition) is 4. The van der Waals surface area contributed by atoms with Crippen molar-refractivity contribution in [2.75, 3.05) is 46.6 Å². The predicted molar refractivity (Wildman–Crippen MR) is 103 cm³/mol. The second kappa shape index (κ2) is 13.1. The van der Waals surface area contributed by atoms with Crippen LogP contribution in [0, 0.1) is 5.92 Å². The molecular formula is C20H30N2O4. The van der Waals surface area contributed by atoms with Gasteiger partial charge in [-0.1, -0.05) is 44.2 Å². The van der Waals surface area contributed by atoms with Gasteiger partial charge in [0.25, 0.3) is 5.91 Å². The van der Waals surface area contributed by atoms with Crippen molar-refractivity contribution >= 4 is 11.8 Å². The van der Waals surface area contributed by atoms with Gasteiger partial charge < -0.3 is 19.7 Å². The van der Waals surface area contributed by atoms with Crippen molar-refractivity contribution in [3.05, 3.63) is 48.1 Å². The summed E-state index contributed by atoms with van der Waals surface area (Å²) in [5.74, 6) is -0.0139. The molecule has 6 nitrogen and oxygen atoms in total. The molecule has 144 valence electrons. The van der Waals surface area contributed by atoms with Gasteiger partial charge in [0.15, 0.2) is 0 Å². The zero-order valence-electron chi connectivity index (χ0n) is 15.9. The molecule has 0 atom stereocenters. The van der Waals surface area contributed by atoms with E-state index in [0.29, 0.717) is 45.1 Å². The number of nitrogens with zero attached hydrogens (tertiary/aromatic N) is 1. The molecule has 1 N–H and O–H groups in total. The van der Waals surface area contributed by atoms with Crippen LogP contribution in [0.2, 0.25) is 0 Å². The molecule has 6 heteroatoms. The summed E-state index contributed by atoms with van der Waals surface area (Å²) in [6.07, 6.45) is 12.8. The van der Waals surface area contributed by atoms with E-state index in [0.717, 1.165) is 0 Å². The minimum absolute atomic E-state index is 0.000263. The van der Waals surface area contributed by atoms with Crippen LogP contribution in [0.5, 0.6) is 0 Å². The van der Waals surface area contributed by atoms with E-state index in [-0.39, 0.29) is 17.7 Å². The number of ether oxygens (including phenoxy) is 2. The van der Waals surface area contributed by atoms with Gasteiger partial charge >= 0.3 is 0 Å². The first-order chi connectivity index (χ1) is 12.5. The van der Waals surface area contributed by atoms with Crippen LogP contribution in [0.1, 0.15) is 13.8 Å². The topological polar surface area (TPSA) is 67.9 Å². The van der Waals surface area contributed by atoms with Crippen molar-refractivity contribution < 1.29 is 19.1 Å². The predicted octanol–water partition coefficient (Wildman–Crippen LogP) is 1.86. The highest BCUT2D eigenvalue weighted by atomic mass is 16.5. The van der Waals surface area contributed by atoms with Crippen LogP contribution in [0.25, 0.3) is 0 Å². The quantitative estimate of drug-likeness (QED) is 0.570. The van der Waals surface area contributed by atoms with Crippen LogP contribution in [0.3, 0.4) is 0 Å². The zero-order chi connectivity index (χ0) is 19.2. The third-order valence-corrected chi connectivity index (χ3v) is 3.60. The molecule has 0 fully saturated rings. The molecule has 1 aliphatic carbocycles. The SMILES string of the molecule is CC(C)C(=O)N(C)CCOCCOCCNC(=O)C1=C/C=C\C=C/C=C\1. The molecule has 0 unspecified atom stereocenters. The number of amides is 2. The Hall–Kier alpha value is -2.18. The molecule has 0 saturated carbocycles. The van der Waals surface area contributed by atoms with Crippen molar-refractivity contribution in [2.45, 2.75) is 13.8 Å². The lowest BCUT2D eigenvalue weighted by molar-refractivity contribution is -0.133. The van der Waals surface area contributed by atoms with E-state index in [1.807, 2.05) is 44.2 Å². The van der Waals surface area contributed by atoms with E-state index in [1.54, 1.807) is 24.1 Å². The summed E-state index contributed by atoms with van der Waals surface area (Å²) >= 11 is 0. The Morgan fingerprint density at radius 2 is 1.65 bits per heavy atom. The first-order valence-corrected chi connectivity index (χ1v) is 8.92. The Balaban J connectivity index is 2.02. The molecule has 0 aromatic carbocycles. The van der Waals surface area contributed by atoms with Gasteiger partial charge in [-0.3, -0.25) is 9.59 Å². The average Bonchev–Trinajstić information content (AvgIpc) is 2.58. The molecule has 1 aliphatic rings. The van der Waals surface area contributed by atoms with Crippen molar-refractivity contribution in [3.63, 3.8) is 0 Å². The molecule has 0 aliphatic heterocycles. The Labute approximate surface area is 156 Å². The molecule has 0 radical (unpaired) electrons. The van der Waals surface area contributed by atoms with E-state index < -0.39 is 0 Å². The van der Waals surface area contributed by atoms with E-state index in [2.05, 4.69) is 5.32 Å². The number of rotatable bonds is 11. The van der Waals surface area contributed by atoms with Gasteiger partial charge in [0.1, 0.15) is 0 Å². The van der Waals surface area contributed by atoms with Gasteiger partial charge in [0.2, 0.25) is 5.91 Å². The number of allylic oxidation sites excluding steroid dienone is 6. The second-order valence-electron chi connectivity index (χ2n) is 6.15. The second-order valence-corrected chi connectivity index (χ2v) is 6.15. The summed E-state index contributed by atoms with van der Waals surface area (Å²) in [6, 6.07) is 0. The first kappa shape index (κ1) is 21.9. The molecule has 0 spiro atoms. The van der Waals surface area contributed by atoms with Crippen molar-refractivity contribution in [1.82, 2.24) is 10.2 Å². The standard InChI is InChI=1S/C20H30N2O4/c1-17(2)20(24)22(3)12-14-26-16-15-25-13-11-21-19(23)18-9-7-5-4-6-8-10-18/h4-10,17H,11-16H2,1-3H3,(H,21,23)/b5-4-,6-4?,7-5?,8-6-,9-7-,10-8?,18-9?,18-10+. The Morgan fingerprint density at radius 1 is 1.00 bits per heavy atom. The molecule has 1 rings (SSSR count). The fourth-order valence-corrected chi connectivity index (χ4v) is 2.13. The molecule has 2 amide bonds. The minimum atomic E-state index is -0.126. The van der Waals surface area contributed by atoms with Crippen molar-refractivity contribution in [1.29, 1.82) is 0 Å². The lowest BCUT2D eigenvalue weighted by Crippen LogP contribution is -2.33. The maximum atomic E-state index is 12.0. The monoisotopic (exact) mass is 362 g/mol. The van der Waals surface area contributed by atoms with Crippen molar-refractivity contribution in [2.24, 2.45) is 5.92 Å². The van der Waals surface area contributed by atoms with Crippen molar-refractivity contribution in [3.8, 4) is 0 Å². The summed E-state index contributed by atoms with van der Waals surface area (Å²) < 4.78 is 10.9. The zero-order valence-corrected chi connectivity index (χ0v) is 15.9. The number of nitrogens with one attached hydrogen (secondary N) is 1. The highest BCUT2D eigenvalue weighted by Crippen LogP contribution is 2.01. The summed E-state index contributed by atoms with van der Waals surface area (Å²) in [7, 11) is 1.78. The van der Waals surface area contributed by atoms with Gasteiger partial charge in [-0.25, -0.2) is 0 Å². The molecular weight excluding hydrogens is 332 g/mol. The summed E-state index contributed by atoms with van der Waals surface area (Å²) in [6.45, 7) is 6.59. The molecule has 0 saturated heterocycles.